The van der Waals surface area contributed by atoms with Gasteiger partial charge in [0.25, 0.3) is 0 Å². The number of rotatable bonds is 0. The van der Waals surface area contributed by atoms with Crippen LogP contribution in [0.2, 0.25) is 0 Å². The molecule has 2 fully saturated rings. The maximum absolute atomic E-state index is 4.62. The Hall–Kier alpha value is 0.350. The lowest BCUT2D eigenvalue weighted by atomic mass is 9.60. The predicted octanol–water partition coefficient (Wildman–Crippen LogP) is 3.67. The molecule has 0 nitrogen and oxygen atoms in total. The minimum atomic E-state index is 0.706. The summed E-state index contributed by atoms with van der Waals surface area (Å²) in [6.45, 7) is 2.51. The Morgan fingerprint density at radius 3 is 2.83 bits per heavy atom. The van der Waals surface area contributed by atoms with Crippen LogP contribution in [-0.2, 0) is 0 Å². The van der Waals surface area contributed by atoms with Gasteiger partial charge in [0.15, 0.2) is 0 Å². The molecule has 3 unspecified atom stereocenters. The summed E-state index contributed by atoms with van der Waals surface area (Å²) in [4.78, 5) is 0. The molecule has 0 aromatic carbocycles. The van der Waals surface area contributed by atoms with Crippen molar-refractivity contribution in [1.82, 2.24) is 0 Å². The lowest BCUT2D eigenvalue weighted by Crippen LogP contribution is -2.37. The average Bonchev–Trinajstić information content (AvgIpc) is 2.06. The lowest BCUT2D eigenvalue weighted by molar-refractivity contribution is 0.0679. The Morgan fingerprint density at radius 1 is 1.17 bits per heavy atom. The van der Waals surface area contributed by atoms with Crippen molar-refractivity contribution < 1.29 is 0 Å². The molecule has 0 aliphatic heterocycles. The topological polar surface area (TPSA) is 0 Å². The Bertz CT molecular complexity index is 166. The van der Waals surface area contributed by atoms with E-state index in [1.165, 1.54) is 44.9 Å². The second kappa shape index (κ2) is 3.25. The largest absolute Gasteiger partial charge is 0.176 e. The molecule has 0 aromatic rings. The fourth-order valence-corrected chi connectivity index (χ4v) is 3.53. The summed E-state index contributed by atoms with van der Waals surface area (Å²) in [5.74, 6) is 1.00. The fourth-order valence-electron chi connectivity index (χ4n) is 3.15. The first kappa shape index (κ1) is 8.93. The van der Waals surface area contributed by atoms with Crippen LogP contribution in [-0.4, -0.2) is 5.25 Å². The standard InChI is InChI=1S/C11H20S/c1-11-6-3-2-4-9(11)8-10(12)5-7-11/h9-10,12H,2-8H2,1H3. The summed E-state index contributed by atoms with van der Waals surface area (Å²) in [5, 5.41) is 0.709. The third kappa shape index (κ3) is 1.53. The van der Waals surface area contributed by atoms with Gasteiger partial charge in [-0.3, -0.25) is 0 Å². The monoisotopic (exact) mass is 184 g/mol. The van der Waals surface area contributed by atoms with E-state index in [0.29, 0.717) is 10.7 Å². The second-order valence-corrected chi connectivity index (χ2v) is 5.76. The molecule has 0 amide bonds. The molecule has 70 valence electrons. The van der Waals surface area contributed by atoms with Gasteiger partial charge in [0.05, 0.1) is 0 Å². The zero-order valence-electron chi connectivity index (χ0n) is 8.05. The van der Waals surface area contributed by atoms with E-state index < -0.39 is 0 Å². The van der Waals surface area contributed by atoms with Gasteiger partial charge in [0.2, 0.25) is 0 Å². The summed E-state index contributed by atoms with van der Waals surface area (Å²) < 4.78 is 0. The summed E-state index contributed by atoms with van der Waals surface area (Å²) in [5.41, 5.74) is 0.706. The van der Waals surface area contributed by atoms with E-state index in [0.717, 1.165) is 5.92 Å². The van der Waals surface area contributed by atoms with Crippen LogP contribution in [0.4, 0.5) is 0 Å². The van der Waals surface area contributed by atoms with Gasteiger partial charge in [-0.15, -0.1) is 0 Å². The highest BCUT2D eigenvalue weighted by molar-refractivity contribution is 7.80. The molecule has 0 spiro atoms. The number of hydrogen-bond acceptors (Lipinski definition) is 1. The van der Waals surface area contributed by atoms with E-state index in [9.17, 15) is 0 Å². The maximum atomic E-state index is 4.62. The van der Waals surface area contributed by atoms with Gasteiger partial charge in [-0.05, 0) is 43.4 Å². The molecular weight excluding hydrogens is 164 g/mol. The minimum absolute atomic E-state index is 0.706. The maximum Gasteiger partial charge on any atom is 0.00198 e. The molecule has 2 aliphatic carbocycles. The highest BCUT2D eigenvalue weighted by Gasteiger charge is 2.40. The summed E-state index contributed by atoms with van der Waals surface area (Å²) in [6.07, 6.45) is 10.1. The van der Waals surface area contributed by atoms with Crippen LogP contribution in [0.15, 0.2) is 0 Å². The highest BCUT2D eigenvalue weighted by atomic mass is 32.1. The SMILES string of the molecule is CC12CCCCC1CC(S)CC2. The van der Waals surface area contributed by atoms with Crippen molar-refractivity contribution in [1.29, 1.82) is 0 Å². The van der Waals surface area contributed by atoms with Crippen LogP contribution in [0, 0.1) is 11.3 Å². The molecular formula is C11H20S. The first-order valence-corrected chi connectivity index (χ1v) is 5.90. The molecule has 1 heteroatoms. The molecule has 0 saturated heterocycles. The predicted molar refractivity (Wildman–Crippen MR) is 56.7 cm³/mol. The Labute approximate surface area is 81.5 Å². The van der Waals surface area contributed by atoms with Gasteiger partial charge in [-0.2, -0.15) is 12.6 Å². The van der Waals surface area contributed by atoms with Crippen LogP contribution >= 0.6 is 12.6 Å². The van der Waals surface area contributed by atoms with E-state index in [2.05, 4.69) is 19.6 Å². The second-order valence-electron chi connectivity index (χ2n) is 5.02. The molecule has 12 heavy (non-hydrogen) atoms. The molecule has 0 heterocycles. The molecule has 2 saturated carbocycles. The normalized spacial score (nSPS) is 48.5. The third-order valence-electron chi connectivity index (χ3n) is 4.14. The first-order chi connectivity index (χ1) is 5.71. The van der Waals surface area contributed by atoms with Crippen LogP contribution < -0.4 is 0 Å². The van der Waals surface area contributed by atoms with E-state index in [1.807, 2.05) is 0 Å². The zero-order chi connectivity index (χ0) is 8.60. The van der Waals surface area contributed by atoms with Crippen molar-refractivity contribution in [2.24, 2.45) is 11.3 Å². The van der Waals surface area contributed by atoms with Crippen molar-refractivity contribution in [3.05, 3.63) is 0 Å². The van der Waals surface area contributed by atoms with E-state index in [4.69, 9.17) is 0 Å². The van der Waals surface area contributed by atoms with E-state index in [-0.39, 0.29) is 0 Å². The average molecular weight is 184 g/mol. The van der Waals surface area contributed by atoms with E-state index in [1.54, 1.807) is 0 Å². The summed E-state index contributed by atoms with van der Waals surface area (Å²) in [6, 6.07) is 0. The highest BCUT2D eigenvalue weighted by Crippen LogP contribution is 2.50. The van der Waals surface area contributed by atoms with E-state index >= 15 is 0 Å². The molecule has 2 rings (SSSR count). The third-order valence-corrected chi connectivity index (χ3v) is 4.61. The molecule has 3 atom stereocenters. The molecule has 0 N–H and O–H groups in total. The first-order valence-electron chi connectivity index (χ1n) is 5.39. The summed E-state index contributed by atoms with van der Waals surface area (Å²) in [7, 11) is 0. The van der Waals surface area contributed by atoms with Crippen molar-refractivity contribution in [2.75, 3.05) is 0 Å². The van der Waals surface area contributed by atoms with Gasteiger partial charge in [0.1, 0.15) is 0 Å². The lowest BCUT2D eigenvalue weighted by Gasteiger charge is -2.46. The molecule has 0 radical (unpaired) electrons. The number of hydrogen-bond donors (Lipinski definition) is 1. The number of fused-ring (bicyclic) bond motifs is 1. The van der Waals surface area contributed by atoms with Crippen LogP contribution in [0.1, 0.15) is 51.9 Å². The zero-order valence-corrected chi connectivity index (χ0v) is 8.95. The quantitative estimate of drug-likeness (QED) is 0.546. The molecule has 0 bridgehead atoms. The van der Waals surface area contributed by atoms with Gasteiger partial charge >= 0.3 is 0 Å². The van der Waals surface area contributed by atoms with Crippen LogP contribution in [0.5, 0.6) is 0 Å². The smallest absolute Gasteiger partial charge is 0.00198 e. The van der Waals surface area contributed by atoms with Gasteiger partial charge in [-0.1, -0.05) is 19.8 Å². The van der Waals surface area contributed by atoms with Crippen molar-refractivity contribution in [2.45, 2.75) is 57.1 Å². The van der Waals surface area contributed by atoms with Crippen molar-refractivity contribution in [3.8, 4) is 0 Å². The Morgan fingerprint density at radius 2 is 2.00 bits per heavy atom. The van der Waals surface area contributed by atoms with Gasteiger partial charge in [-0.25, -0.2) is 0 Å². The van der Waals surface area contributed by atoms with Gasteiger partial charge in [0, 0.05) is 5.25 Å². The van der Waals surface area contributed by atoms with Crippen LogP contribution in [0.25, 0.3) is 0 Å². The number of thiol groups is 1. The van der Waals surface area contributed by atoms with Crippen molar-refractivity contribution >= 4 is 12.6 Å². The molecule has 2 aliphatic rings. The fraction of sp³-hybridized carbons (Fsp3) is 1.00. The molecule has 0 aromatic heterocycles. The van der Waals surface area contributed by atoms with Gasteiger partial charge < -0.3 is 0 Å². The van der Waals surface area contributed by atoms with Crippen molar-refractivity contribution in [3.63, 3.8) is 0 Å². The minimum Gasteiger partial charge on any atom is -0.176 e. The van der Waals surface area contributed by atoms with Crippen LogP contribution in [0.3, 0.4) is 0 Å². The Balaban J connectivity index is 2.06. The Kier molecular flexibility index (Phi) is 2.42. The summed E-state index contributed by atoms with van der Waals surface area (Å²) >= 11 is 4.62.